The van der Waals surface area contributed by atoms with Crippen LogP contribution >= 0.6 is 0 Å². The van der Waals surface area contributed by atoms with E-state index in [4.69, 9.17) is 4.74 Å². The fraction of sp³-hybridized carbons (Fsp3) is 0.350. The summed E-state index contributed by atoms with van der Waals surface area (Å²) in [4.78, 5) is 13.2. The lowest BCUT2D eigenvalue weighted by atomic mass is 9.93. The molecule has 0 unspecified atom stereocenters. The summed E-state index contributed by atoms with van der Waals surface area (Å²) >= 11 is 0. The molecule has 1 N–H and O–H groups in total. The van der Waals surface area contributed by atoms with Crippen molar-refractivity contribution in [3.05, 3.63) is 48.8 Å². The summed E-state index contributed by atoms with van der Waals surface area (Å²) in [6.45, 7) is 0. The quantitative estimate of drug-likeness (QED) is 0.761. The fourth-order valence-corrected chi connectivity index (χ4v) is 3.52. The Morgan fingerprint density at radius 1 is 1.11 bits per heavy atom. The largest absolute Gasteiger partial charge is 0.467 e. The number of aliphatic hydroxyl groups is 1. The van der Waals surface area contributed by atoms with Gasteiger partial charge in [-0.1, -0.05) is 12.1 Å². The van der Waals surface area contributed by atoms with Crippen molar-refractivity contribution in [2.24, 2.45) is 0 Å². The van der Waals surface area contributed by atoms with Crippen LogP contribution in [0.1, 0.15) is 31.7 Å². The summed E-state index contributed by atoms with van der Waals surface area (Å²) in [5.41, 5.74) is 2.92. The van der Waals surface area contributed by atoms with Gasteiger partial charge in [-0.05, 0) is 43.4 Å². The second-order valence-corrected chi connectivity index (χ2v) is 6.79. The number of halogens is 1. The molecule has 1 aromatic carbocycles. The number of rotatable bonds is 4. The number of imidazole rings is 1. The maximum absolute atomic E-state index is 13.3. The molecule has 2 heterocycles. The highest BCUT2D eigenvalue weighted by Crippen LogP contribution is 2.33. The van der Waals surface area contributed by atoms with Gasteiger partial charge < -0.3 is 14.4 Å². The van der Waals surface area contributed by atoms with Crippen molar-refractivity contribution in [2.45, 2.75) is 37.8 Å². The van der Waals surface area contributed by atoms with Crippen LogP contribution in [0.2, 0.25) is 0 Å². The molecule has 0 aliphatic heterocycles. The van der Waals surface area contributed by atoms with Gasteiger partial charge in [-0.3, -0.25) is 0 Å². The van der Waals surface area contributed by atoms with Crippen LogP contribution in [0.15, 0.2) is 43.0 Å². The molecule has 0 bridgehead atoms. The summed E-state index contributed by atoms with van der Waals surface area (Å²) in [6.07, 6.45) is 8.72. The zero-order valence-electron chi connectivity index (χ0n) is 15.0. The van der Waals surface area contributed by atoms with E-state index in [0.29, 0.717) is 17.4 Å². The molecule has 2 aromatic heterocycles. The van der Waals surface area contributed by atoms with E-state index in [0.717, 1.165) is 36.8 Å². The highest BCUT2D eigenvalue weighted by molar-refractivity contribution is 5.78. The highest BCUT2D eigenvalue weighted by atomic mass is 19.1. The van der Waals surface area contributed by atoms with Crippen molar-refractivity contribution < 1.29 is 14.2 Å². The van der Waals surface area contributed by atoms with Crippen molar-refractivity contribution in [1.29, 1.82) is 0 Å². The van der Waals surface area contributed by atoms with Gasteiger partial charge >= 0.3 is 6.01 Å². The van der Waals surface area contributed by atoms with Crippen LogP contribution in [0.5, 0.6) is 6.01 Å². The number of aliphatic hydroxyl groups excluding tert-OH is 1. The van der Waals surface area contributed by atoms with E-state index in [1.165, 1.54) is 19.2 Å². The summed E-state index contributed by atoms with van der Waals surface area (Å²) in [6, 6.07) is 6.80. The third kappa shape index (κ3) is 3.68. The van der Waals surface area contributed by atoms with Crippen molar-refractivity contribution in [3.63, 3.8) is 0 Å². The summed E-state index contributed by atoms with van der Waals surface area (Å²) in [5.74, 6) is -0.293. The first-order valence-corrected chi connectivity index (χ1v) is 9.03. The molecule has 3 aromatic rings. The van der Waals surface area contributed by atoms with E-state index < -0.39 is 0 Å². The molecule has 0 spiro atoms. The number of aromatic nitrogens is 4. The highest BCUT2D eigenvalue weighted by Gasteiger charge is 2.22. The minimum atomic E-state index is -0.293. The number of hydrogen-bond acceptors (Lipinski definition) is 5. The van der Waals surface area contributed by atoms with Gasteiger partial charge in [0.1, 0.15) is 17.2 Å². The normalized spacial score (nSPS) is 19.8. The zero-order chi connectivity index (χ0) is 18.8. The van der Waals surface area contributed by atoms with Gasteiger partial charge in [-0.2, -0.15) is 4.98 Å². The summed E-state index contributed by atoms with van der Waals surface area (Å²) in [7, 11) is 1.52. The molecular weight excluding hydrogens is 347 g/mol. The molecular formula is C20H21FN4O2. The minimum absolute atomic E-state index is 0.194. The molecule has 1 saturated carbocycles. The average Bonchev–Trinajstić information content (AvgIpc) is 3.19. The minimum Gasteiger partial charge on any atom is -0.467 e. The van der Waals surface area contributed by atoms with E-state index in [9.17, 15) is 9.50 Å². The fourth-order valence-electron chi connectivity index (χ4n) is 3.52. The third-order valence-electron chi connectivity index (χ3n) is 5.04. The van der Waals surface area contributed by atoms with Crippen LogP contribution < -0.4 is 4.74 Å². The third-order valence-corrected chi connectivity index (χ3v) is 5.04. The average molecular weight is 368 g/mol. The van der Waals surface area contributed by atoms with Gasteiger partial charge in [-0.15, -0.1) is 0 Å². The summed E-state index contributed by atoms with van der Waals surface area (Å²) < 4.78 is 20.6. The molecule has 1 aliphatic rings. The second-order valence-electron chi connectivity index (χ2n) is 6.79. The first-order valence-electron chi connectivity index (χ1n) is 9.03. The van der Waals surface area contributed by atoms with E-state index in [2.05, 4.69) is 19.5 Å². The smallest absolute Gasteiger partial charge is 0.316 e. The number of ether oxygens (including phenoxy) is 1. The SMILES string of the molecule is COc1ncc(-c2ccc(F)cc2)c(-c2cn(C3CCC(O)CC3)cn2)n1. The Bertz CT molecular complexity index is 918. The first-order chi connectivity index (χ1) is 13.1. The van der Waals surface area contributed by atoms with Gasteiger partial charge in [-0.25, -0.2) is 14.4 Å². The lowest BCUT2D eigenvalue weighted by Crippen LogP contribution is -2.20. The Hall–Kier alpha value is -2.80. The van der Waals surface area contributed by atoms with Crippen molar-refractivity contribution >= 4 is 0 Å². The lowest BCUT2D eigenvalue weighted by molar-refractivity contribution is 0.110. The van der Waals surface area contributed by atoms with Gasteiger partial charge in [0.05, 0.1) is 19.5 Å². The Morgan fingerprint density at radius 2 is 1.85 bits per heavy atom. The lowest BCUT2D eigenvalue weighted by Gasteiger charge is -2.26. The van der Waals surface area contributed by atoms with Crippen LogP contribution in [0.4, 0.5) is 4.39 Å². The van der Waals surface area contributed by atoms with Gasteiger partial charge in [0.2, 0.25) is 0 Å². The van der Waals surface area contributed by atoms with Crippen molar-refractivity contribution in [2.75, 3.05) is 7.11 Å². The molecule has 7 heteroatoms. The molecule has 0 atom stereocenters. The predicted octanol–water partition coefficient (Wildman–Crippen LogP) is 3.63. The van der Waals surface area contributed by atoms with Crippen LogP contribution in [-0.2, 0) is 0 Å². The van der Waals surface area contributed by atoms with Gasteiger partial charge in [0, 0.05) is 24.0 Å². The Morgan fingerprint density at radius 3 is 2.56 bits per heavy atom. The van der Waals surface area contributed by atoms with Crippen LogP contribution in [0.3, 0.4) is 0 Å². The summed E-state index contributed by atoms with van der Waals surface area (Å²) in [5, 5.41) is 9.71. The van der Waals surface area contributed by atoms with Crippen molar-refractivity contribution in [3.8, 4) is 28.5 Å². The monoisotopic (exact) mass is 368 g/mol. The van der Waals surface area contributed by atoms with E-state index in [1.54, 1.807) is 24.7 Å². The van der Waals surface area contributed by atoms with E-state index >= 15 is 0 Å². The molecule has 1 aliphatic carbocycles. The van der Waals surface area contributed by atoms with E-state index in [-0.39, 0.29) is 17.9 Å². The molecule has 6 nitrogen and oxygen atoms in total. The number of methoxy groups -OCH3 is 1. The molecule has 140 valence electrons. The number of benzene rings is 1. The molecule has 0 saturated heterocycles. The maximum Gasteiger partial charge on any atom is 0.316 e. The van der Waals surface area contributed by atoms with Crippen LogP contribution in [0.25, 0.3) is 22.5 Å². The number of hydrogen-bond donors (Lipinski definition) is 1. The molecule has 1 fully saturated rings. The Kier molecular flexibility index (Phi) is 4.85. The first kappa shape index (κ1) is 17.6. The second kappa shape index (κ2) is 7.44. The van der Waals surface area contributed by atoms with E-state index in [1.807, 2.05) is 6.20 Å². The van der Waals surface area contributed by atoms with Crippen molar-refractivity contribution in [1.82, 2.24) is 19.5 Å². The molecule has 27 heavy (non-hydrogen) atoms. The Balaban J connectivity index is 1.71. The zero-order valence-corrected chi connectivity index (χ0v) is 15.0. The standard InChI is InChI=1S/C20H21FN4O2/c1-27-20-22-10-17(13-2-4-14(21)5-3-13)19(24-20)18-11-25(12-23-18)15-6-8-16(26)9-7-15/h2-5,10-12,15-16,26H,6-9H2,1H3. The topological polar surface area (TPSA) is 73.1 Å². The molecule has 0 radical (unpaired) electrons. The van der Waals surface area contributed by atoms with Gasteiger partial charge in [0.15, 0.2) is 0 Å². The molecule has 0 amide bonds. The Labute approximate surface area is 156 Å². The van der Waals surface area contributed by atoms with Crippen LogP contribution in [-0.4, -0.2) is 37.8 Å². The van der Waals surface area contributed by atoms with Gasteiger partial charge in [0.25, 0.3) is 0 Å². The maximum atomic E-state index is 13.3. The number of nitrogens with zero attached hydrogens (tertiary/aromatic N) is 4. The molecule has 4 rings (SSSR count). The van der Waals surface area contributed by atoms with Crippen LogP contribution in [0, 0.1) is 5.82 Å². The predicted molar refractivity (Wildman–Crippen MR) is 98.7 cm³/mol.